The number of allylic oxidation sites excluding steroid dienone is 1. The third-order valence-electron chi connectivity index (χ3n) is 3.68. The minimum absolute atomic E-state index is 0.220. The van der Waals surface area contributed by atoms with Gasteiger partial charge in [-0.15, -0.1) is 11.6 Å². The van der Waals surface area contributed by atoms with Crippen molar-refractivity contribution in [3.8, 4) is 0 Å². The number of alkyl halides is 1. The first-order chi connectivity index (χ1) is 7.44. The van der Waals surface area contributed by atoms with E-state index in [9.17, 15) is 0 Å². The lowest BCUT2D eigenvalue weighted by molar-refractivity contribution is 0.0548. The van der Waals surface area contributed by atoms with Gasteiger partial charge in [-0.3, -0.25) is 0 Å². The Morgan fingerprint density at radius 3 is 2.75 bits per heavy atom. The molecule has 0 amide bonds. The number of hydrogen-bond acceptors (Lipinski definition) is 1. The predicted molar refractivity (Wildman–Crippen MR) is 68.9 cm³/mol. The van der Waals surface area contributed by atoms with Crippen LogP contribution in [0.4, 0.5) is 0 Å². The number of rotatable bonds is 2. The molecule has 2 heteroatoms. The molecule has 0 aromatic heterocycles. The van der Waals surface area contributed by atoms with Gasteiger partial charge >= 0.3 is 0 Å². The Balaban J connectivity index is 1.94. The van der Waals surface area contributed by atoms with Gasteiger partial charge in [0, 0.05) is 0 Å². The summed E-state index contributed by atoms with van der Waals surface area (Å²) in [6, 6.07) is 0. The summed E-state index contributed by atoms with van der Waals surface area (Å²) in [5.41, 5.74) is 1.87. The van der Waals surface area contributed by atoms with Crippen LogP contribution in [0.25, 0.3) is 0 Å². The van der Waals surface area contributed by atoms with Gasteiger partial charge in [0.05, 0.1) is 17.6 Å². The maximum Gasteiger partial charge on any atom is 0.0616 e. The van der Waals surface area contributed by atoms with Crippen LogP contribution in [0.3, 0.4) is 0 Å². The molecule has 0 N–H and O–H groups in total. The van der Waals surface area contributed by atoms with Crippen molar-refractivity contribution in [2.45, 2.75) is 70.5 Å². The molecule has 0 aromatic carbocycles. The van der Waals surface area contributed by atoms with Gasteiger partial charge in [0.25, 0.3) is 0 Å². The molecule has 0 saturated carbocycles. The molecule has 0 spiro atoms. The van der Waals surface area contributed by atoms with Gasteiger partial charge < -0.3 is 4.74 Å². The summed E-state index contributed by atoms with van der Waals surface area (Å²) in [7, 11) is 0. The molecule has 1 heterocycles. The van der Waals surface area contributed by atoms with Crippen molar-refractivity contribution in [2.24, 2.45) is 5.41 Å². The smallest absolute Gasteiger partial charge is 0.0616 e. The molecule has 1 aliphatic carbocycles. The lowest BCUT2D eigenvalue weighted by Gasteiger charge is -2.33. The summed E-state index contributed by atoms with van der Waals surface area (Å²) in [6.45, 7) is 6.80. The predicted octanol–water partition coefficient (Wildman–Crippen LogP) is 4.30. The summed E-state index contributed by atoms with van der Waals surface area (Å²) in [5, 5.41) is 0.220. The van der Waals surface area contributed by atoms with E-state index in [1.807, 2.05) is 0 Å². The lowest BCUT2D eigenvalue weighted by Crippen LogP contribution is -2.24. The molecule has 0 radical (unpaired) electrons. The van der Waals surface area contributed by atoms with Crippen LogP contribution < -0.4 is 0 Å². The van der Waals surface area contributed by atoms with E-state index in [0.29, 0.717) is 17.6 Å². The van der Waals surface area contributed by atoms with Crippen molar-refractivity contribution in [2.75, 3.05) is 0 Å². The van der Waals surface area contributed by atoms with Crippen molar-refractivity contribution < 1.29 is 4.74 Å². The Kier molecular flexibility index (Phi) is 3.65. The van der Waals surface area contributed by atoms with E-state index in [4.69, 9.17) is 16.3 Å². The average Bonchev–Trinajstić information content (AvgIpc) is 2.46. The summed E-state index contributed by atoms with van der Waals surface area (Å²) >= 11 is 6.29. The Labute approximate surface area is 104 Å². The molecular formula is C14H23ClO. The summed E-state index contributed by atoms with van der Waals surface area (Å²) in [5.74, 6) is 0. The minimum Gasteiger partial charge on any atom is -0.375 e. The van der Waals surface area contributed by atoms with E-state index in [-0.39, 0.29) is 5.38 Å². The van der Waals surface area contributed by atoms with Gasteiger partial charge in [-0.2, -0.15) is 0 Å². The van der Waals surface area contributed by atoms with Crippen molar-refractivity contribution in [1.82, 2.24) is 0 Å². The van der Waals surface area contributed by atoms with E-state index in [2.05, 4.69) is 26.8 Å². The number of halogens is 1. The first-order valence-electron chi connectivity index (χ1n) is 6.44. The monoisotopic (exact) mass is 242 g/mol. The highest BCUT2D eigenvalue weighted by atomic mass is 35.5. The molecule has 16 heavy (non-hydrogen) atoms. The van der Waals surface area contributed by atoms with Crippen LogP contribution in [0, 0.1) is 5.41 Å². The highest BCUT2D eigenvalue weighted by Crippen LogP contribution is 2.40. The molecular weight excluding hydrogens is 220 g/mol. The van der Waals surface area contributed by atoms with Crippen LogP contribution in [-0.2, 0) is 4.74 Å². The maximum absolute atomic E-state index is 6.29. The second-order valence-corrected chi connectivity index (χ2v) is 6.80. The quantitative estimate of drug-likeness (QED) is 0.518. The van der Waals surface area contributed by atoms with Crippen LogP contribution in [0.15, 0.2) is 11.6 Å². The third-order valence-corrected chi connectivity index (χ3v) is 3.96. The number of ether oxygens (including phenoxy) is 1. The van der Waals surface area contributed by atoms with Crippen molar-refractivity contribution in [3.63, 3.8) is 0 Å². The fourth-order valence-electron chi connectivity index (χ4n) is 3.06. The Bertz CT molecular complexity index is 282. The summed E-state index contributed by atoms with van der Waals surface area (Å²) < 4.78 is 5.88. The second-order valence-electron chi connectivity index (χ2n) is 6.24. The van der Waals surface area contributed by atoms with Gasteiger partial charge in [0.15, 0.2) is 0 Å². The van der Waals surface area contributed by atoms with Crippen LogP contribution in [-0.4, -0.2) is 17.6 Å². The van der Waals surface area contributed by atoms with Crippen LogP contribution >= 0.6 is 11.6 Å². The fraction of sp³-hybridized carbons (Fsp3) is 0.857. The second kappa shape index (κ2) is 4.70. The van der Waals surface area contributed by atoms with E-state index in [1.165, 1.54) is 24.8 Å². The van der Waals surface area contributed by atoms with Crippen LogP contribution in [0.2, 0.25) is 0 Å². The SMILES string of the molecule is CC1CCC(CC2=CC(Cl)CC(C)(C)C2)O1. The zero-order valence-corrected chi connectivity index (χ0v) is 11.4. The minimum atomic E-state index is 0.220. The Morgan fingerprint density at radius 1 is 1.44 bits per heavy atom. The van der Waals surface area contributed by atoms with Crippen molar-refractivity contribution in [1.29, 1.82) is 0 Å². The first-order valence-corrected chi connectivity index (χ1v) is 6.87. The zero-order chi connectivity index (χ0) is 11.8. The van der Waals surface area contributed by atoms with E-state index in [0.717, 1.165) is 12.8 Å². The highest BCUT2D eigenvalue weighted by Gasteiger charge is 2.30. The molecule has 1 nitrogen and oxygen atoms in total. The Morgan fingerprint density at radius 2 is 2.19 bits per heavy atom. The maximum atomic E-state index is 6.29. The molecule has 0 aromatic rings. The molecule has 1 aliphatic heterocycles. The lowest BCUT2D eigenvalue weighted by atomic mass is 9.76. The Hall–Kier alpha value is -0.0100. The molecule has 2 rings (SSSR count). The summed E-state index contributed by atoms with van der Waals surface area (Å²) in [6.07, 6.45) is 8.96. The standard InChI is InChI=1S/C14H23ClO/c1-10-4-5-13(16-10)7-11-6-12(15)9-14(2,3)8-11/h6,10,12-13H,4-5,7-9H2,1-3H3. The van der Waals surface area contributed by atoms with Crippen molar-refractivity contribution in [3.05, 3.63) is 11.6 Å². The zero-order valence-electron chi connectivity index (χ0n) is 10.6. The topological polar surface area (TPSA) is 9.23 Å². The van der Waals surface area contributed by atoms with Gasteiger partial charge in [-0.1, -0.05) is 25.5 Å². The van der Waals surface area contributed by atoms with E-state index in [1.54, 1.807) is 0 Å². The summed E-state index contributed by atoms with van der Waals surface area (Å²) in [4.78, 5) is 0. The molecule has 92 valence electrons. The third kappa shape index (κ3) is 3.24. The molecule has 3 atom stereocenters. The average molecular weight is 243 g/mol. The van der Waals surface area contributed by atoms with Crippen LogP contribution in [0.1, 0.15) is 52.9 Å². The van der Waals surface area contributed by atoms with Gasteiger partial charge in [0.1, 0.15) is 0 Å². The normalized spacial score (nSPS) is 38.5. The molecule has 1 saturated heterocycles. The first kappa shape index (κ1) is 12.4. The number of hydrogen-bond donors (Lipinski definition) is 0. The van der Waals surface area contributed by atoms with Gasteiger partial charge in [-0.05, 0) is 44.4 Å². The van der Waals surface area contributed by atoms with Gasteiger partial charge in [-0.25, -0.2) is 0 Å². The largest absolute Gasteiger partial charge is 0.375 e. The molecule has 1 fully saturated rings. The van der Waals surface area contributed by atoms with Crippen molar-refractivity contribution >= 4 is 11.6 Å². The fourth-order valence-corrected chi connectivity index (χ4v) is 3.65. The highest BCUT2D eigenvalue weighted by molar-refractivity contribution is 6.21. The molecule has 0 bridgehead atoms. The van der Waals surface area contributed by atoms with E-state index < -0.39 is 0 Å². The molecule has 2 aliphatic rings. The van der Waals surface area contributed by atoms with Crippen LogP contribution in [0.5, 0.6) is 0 Å². The van der Waals surface area contributed by atoms with Gasteiger partial charge in [0.2, 0.25) is 0 Å². The van der Waals surface area contributed by atoms with E-state index >= 15 is 0 Å². The molecule has 3 unspecified atom stereocenters.